The Morgan fingerprint density at radius 2 is 1.66 bits per heavy atom. The summed E-state index contributed by atoms with van der Waals surface area (Å²) in [5, 5.41) is 5.89. The van der Waals surface area contributed by atoms with Crippen molar-refractivity contribution in [3.8, 4) is 11.1 Å². The summed E-state index contributed by atoms with van der Waals surface area (Å²) in [6.45, 7) is 0.647. The first-order chi connectivity index (χ1) is 19.5. The van der Waals surface area contributed by atoms with Crippen LogP contribution in [0.5, 0.6) is 0 Å². The number of nitrogens with one attached hydrogen (secondary N) is 2. The fourth-order valence-electron chi connectivity index (χ4n) is 5.58. The largest absolute Gasteiger partial charge is 0.366 e. The van der Waals surface area contributed by atoms with Gasteiger partial charge in [0, 0.05) is 65.0 Å². The standard InChI is InChI=1S/C32H27F2N3O2S.ClH/c33-28-16-26(30-27(29(28)34)18-35-17-23-19-40-15-14-37(23)30)31(38)21-10-12-22(13-11-21)36-32(39)25-9-5-4-8-24(25)20-6-2-1-3-7-20;/h1-13,17-18,26,30,35H,14-16,19H2,(H,36,39);1H. The number of ketones is 1. The Bertz CT molecular complexity index is 1560. The summed E-state index contributed by atoms with van der Waals surface area (Å²) in [7, 11) is 0. The van der Waals surface area contributed by atoms with Crippen LogP contribution in [0.1, 0.15) is 27.1 Å². The Morgan fingerprint density at radius 1 is 0.927 bits per heavy atom. The first kappa shape index (κ1) is 28.6. The van der Waals surface area contributed by atoms with Crippen molar-refractivity contribution in [1.82, 2.24) is 10.2 Å². The number of carbonyl (C=O) groups excluding carboxylic acids is 2. The highest BCUT2D eigenvalue weighted by atomic mass is 35.5. The molecule has 2 heterocycles. The molecule has 2 aliphatic heterocycles. The quantitative estimate of drug-likeness (QED) is 0.309. The number of halogens is 3. The SMILES string of the molecule is Cl.O=C(Nc1ccc(C(=O)C2CC(F)=C(F)C3=CNC=C4CSCCN4C32)cc1)c1ccccc1-c1ccccc1. The molecule has 210 valence electrons. The smallest absolute Gasteiger partial charge is 0.256 e. The molecule has 0 spiro atoms. The van der Waals surface area contributed by atoms with E-state index in [0.29, 0.717) is 23.4 Å². The van der Waals surface area contributed by atoms with Crippen molar-refractivity contribution in [3.63, 3.8) is 0 Å². The van der Waals surface area contributed by atoms with E-state index in [-0.39, 0.29) is 36.1 Å². The van der Waals surface area contributed by atoms with Crippen molar-refractivity contribution in [2.45, 2.75) is 12.5 Å². The maximum Gasteiger partial charge on any atom is 0.256 e. The van der Waals surface area contributed by atoms with Crippen LogP contribution in [0.4, 0.5) is 14.5 Å². The summed E-state index contributed by atoms with van der Waals surface area (Å²) in [6, 6.07) is 23.1. The summed E-state index contributed by atoms with van der Waals surface area (Å²) in [6.07, 6.45) is 2.98. The molecule has 1 amide bonds. The van der Waals surface area contributed by atoms with Gasteiger partial charge in [-0.05, 0) is 41.5 Å². The van der Waals surface area contributed by atoms with Crippen molar-refractivity contribution in [1.29, 1.82) is 0 Å². The second-order valence-electron chi connectivity index (χ2n) is 9.93. The van der Waals surface area contributed by atoms with Gasteiger partial charge in [0.2, 0.25) is 0 Å². The van der Waals surface area contributed by atoms with Gasteiger partial charge in [0.15, 0.2) is 11.6 Å². The first-order valence-electron chi connectivity index (χ1n) is 13.2. The summed E-state index contributed by atoms with van der Waals surface area (Å²) in [5.74, 6) is -1.52. The molecule has 1 saturated heterocycles. The van der Waals surface area contributed by atoms with Gasteiger partial charge in [-0.15, -0.1) is 12.4 Å². The molecule has 2 unspecified atom stereocenters. The van der Waals surface area contributed by atoms with Gasteiger partial charge in [0.05, 0.1) is 12.0 Å². The predicted octanol–water partition coefficient (Wildman–Crippen LogP) is 7.13. The van der Waals surface area contributed by atoms with Crippen LogP contribution < -0.4 is 10.6 Å². The van der Waals surface area contributed by atoms with E-state index in [4.69, 9.17) is 0 Å². The second kappa shape index (κ2) is 12.3. The molecule has 3 aromatic rings. The highest BCUT2D eigenvalue weighted by Gasteiger charge is 2.44. The minimum atomic E-state index is -0.904. The third kappa shape index (κ3) is 5.67. The van der Waals surface area contributed by atoms with E-state index < -0.39 is 23.6 Å². The second-order valence-corrected chi connectivity index (χ2v) is 11.0. The molecule has 1 fully saturated rings. The van der Waals surface area contributed by atoms with Crippen LogP contribution in [0.15, 0.2) is 114 Å². The van der Waals surface area contributed by atoms with Crippen molar-refractivity contribution in [3.05, 3.63) is 125 Å². The average molecular weight is 592 g/mol. The van der Waals surface area contributed by atoms with Crippen LogP contribution in [0.25, 0.3) is 11.1 Å². The third-order valence-electron chi connectivity index (χ3n) is 7.53. The lowest BCUT2D eigenvalue weighted by Crippen LogP contribution is -2.48. The molecule has 3 aliphatic rings. The van der Waals surface area contributed by atoms with Crippen LogP contribution in [0, 0.1) is 5.92 Å². The molecular weight excluding hydrogens is 564 g/mol. The van der Waals surface area contributed by atoms with Gasteiger partial charge in [0.1, 0.15) is 5.83 Å². The number of rotatable bonds is 5. The van der Waals surface area contributed by atoms with Crippen molar-refractivity contribution in [2.24, 2.45) is 5.92 Å². The van der Waals surface area contributed by atoms with Crippen LogP contribution in [-0.2, 0) is 0 Å². The number of carbonyl (C=O) groups is 2. The fourth-order valence-corrected chi connectivity index (χ4v) is 6.51. The van der Waals surface area contributed by atoms with E-state index in [9.17, 15) is 18.4 Å². The molecule has 2 atom stereocenters. The lowest BCUT2D eigenvalue weighted by atomic mass is 9.78. The Balaban J connectivity index is 0.00000337. The molecular formula is C32H28ClF2N3O2S. The number of allylic oxidation sites excluding steroid dienone is 1. The van der Waals surface area contributed by atoms with Crippen LogP contribution in [0.3, 0.4) is 0 Å². The lowest BCUT2D eigenvalue weighted by Gasteiger charge is -2.43. The minimum absolute atomic E-state index is 0. The van der Waals surface area contributed by atoms with Crippen molar-refractivity contribution < 1.29 is 18.4 Å². The summed E-state index contributed by atoms with van der Waals surface area (Å²) in [5.41, 5.74) is 4.34. The molecule has 41 heavy (non-hydrogen) atoms. The van der Waals surface area contributed by atoms with Crippen LogP contribution in [-0.4, -0.2) is 40.7 Å². The van der Waals surface area contributed by atoms with Gasteiger partial charge in [0.25, 0.3) is 5.91 Å². The summed E-state index contributed by atoms with van der Waals surface area (Å²) < 4.78 is 29.7. The third-order valence-corrected chi connectivity index (χ3v) is 8.50. The van der Waals surface area contributed by atoms with Gasteiger partial charge in [-0.3, -0.25) is 9.59 Å². The van der Waals surface area contributed by atoms with Gasteiger partial charge >= 0.3 is 0 Å². The Kier molecular flexibility index (Phi) is 8.61. The highest BCUT2D eigenvalue weighted by Crippen LogP contribution is 2.42. The predicted molar refractivity (Wildman–Crippen MR) is 162 cm³/mol. The molecule has 0 saturated carbocycles. The van der Waals surface area contributed by atoms with Crippen LogP contribution >= 0.6 is 24.2 Å². The Hall–Kier alpha value is -3.88. The van der Waals surface area contributed by atoms with Crippen LogP contribution in [0.2, 0.25) is 0 Å². The molecule has 0 radical (unpaired) electrons. The van der Waals surface area contributed by atoms with Gasteiger partial charge in [-0.25, -0.2) is 8.78 Å². The van der Waals surface area contributed by atoms with Crippen molar-refractivity contribution in [2.75, 3.05) is 23.4 Å². The Labute approximate surface area is 247 Å². The number of Topliss-reactive ketones (excluding diaryl/α,β-unsaturated/α-hetero) is 1. The van der Waals surface area contributed by atoms with Gasteiger partial charge in [-0.2, -0.15) is 11.8 Å². The molecule has 6 rings (SSSR count). The van der Waals surface area contributed by atoms with E-state index in [2.05, 4.69) is 10.6 Å². The zero-order valence-electron chi connectivity index (χ0n) is 22.0. The average Bonchev–Trinajstić information content (AvgIpc) is 3.19. The number of thioether (sulfide) groups is 1. The number of benzene rings is 3. The molecule has 1 aliphatic carbocycles. The molecule has 3 aromatic carbocycles. The van der Waals surface area contributed by atoms with Gasteiger partial charge in [-0.1, -0.05) is 48.5 Å². The van der Waals surface area contributed by atoms with E-state index in [1.807, 2.05) is 53.4 Å². The number of hydrogen-bond acceptors (Lipinski definition) is 5. The maximum absolute atomic E-state index is 14.9. The maximum atomic E-state index is 14.9. The molecule has 2 N–H and O–H groups in total. The fraction of sp³-hybridized carbons (Fsp3) is 0.188. The first-order valence-corrected chi connectivity index (χ1v) is 14.3. The minimum Gasteiger partial charge on any atom is -0.366 e. The zero-order chi connectivity index (χ0) is 27.6. The molecule has 0 bridgehead atoms. The topological polar surface area (TPSA) is 61.4 Å². The van der Waals surface area contributed by atoms with E-state index in [0.717, 1.165) is 28.3 Å². The van der Waals surface area contributed by atoms with Gasteiger partial charge < -0.3 is 15.5 Å². The Morgan fingerprint density at radius 3 is 2.44 bits per heavy atom. The summed E-state index contributed by atoms with van der Waals surface area (Å²) in [4.78, 5) is 29.0. The van der Waals surface area contributed by atoms with E-state index >= 15 is 0 Å². The number of hydrogen-bond donors (Lipinski definition) is 2. The monoisotopic (exact) mass is 591 g/mol. The highest BCUT2D eigenvalue weighted by molar-refractivity contribution is 7.99. The molecule has 5 nitrogen and oxygen atoms in total. The molecule has 0 aromatic heterocycles. The number of nitrogens with zero attached hydrogens (tertiary/aromatic N) is 1. The zero-order valence-corrected chi connectivity index (χ0v) is 23.6. The number of anilines is 1. The normalized spacial score (nSPS) is 19.8. The van der Waals surface area contributed by atoms with E-state index in [1.54, 1.807) is 48.3 Å². The molecule has 9 heteroatoms. The van der Waals surface area contributed by atoms with E-state index in [1.165, 1.54) is 6.20 Å². The number of amides is 1. The summed E-state index contributed by atoms with van der Waals surface area (Å²) >= 11 is 1.77. The van der Waals surface area contributed by atoms with Crippen molar-refractivity contribution >= 4 is 41.5 Å². The lowest BCUT2D eigenvalue weighted by molar-refractivity contribution is 0.0830. The number of fused-ring (bicyclic) bond motifs is 3.